The third kappa shape index (κ3) is 5.91. The number of nitrogens with two attached hydrogens (primary N) is 1. The number of nitrogens with one attached hydrogen (secondary N) is 3. The lowest BCUT2D eigenvalue weighted by Crippen LogP contribution is -2.34. The number of hydrogen-bond donors (Lipinski definition) is 4. The molecule has 1 unspecified atom stereocenters. The Balaban J connectivity index is 0.000000195. The van der Waals surface area contributed by atoms with Gasteiger partial charge < -0.3 is 15.4 Å². The maximum atomic E-state index is 12.1. The number of ether oxygens (including phenoxy) is 1. The van der Waals surface area contributed by atoms with Crippen LogP contribution in [0.15, 0.2) is 66.7 Å². The van der Waals surface area contributed by atoms with Crippen LogP contribution in [0.2, 0.25) is 10.0 Å². The maximum absolute atomic E-state index is 12.1. The number of Topliss-reactive ketones (excluding diaryl/α,β-unsaturated/α-hetero) is 1. The summed E-state index contributed by atoms with van der Waals surface area (Å²) in [5.74, 6) is 5.75. The quantitative estimate of drug-likeness (QED) is 0.231. The van der Waals surface area contributed by atoms with Gasteiger partial charge in [0, 0.05) is 33.4 Å². The van der Waals surface area contributed by atoms with Crippen LogP contribution < -0.4 is 26.6 Å². The van der Waals surface area contributed by atoms with E-state index in [1.54, 1.807) is 43.5 Å². The van der Waals surface area contributed by atoms with Gasteiger partial charge >= 0.3 is 6.03 Å². The highest BCUT2D eigenvalue weighted by Crippen LogP contribution is 2.36. The normalized spacial score (nSPS) is 14.2. The van der Waals surface area contributed by atoms with Gasteiger partial charge in [-0.1, -0.05) is 41.4 Å². The number of carbonyl (C=O) groups is 2. The first-order valence-electron chi connectivity index (χ1n) is 9.66. The summed E-state index contributed by atoms with van der Waals surface area (Å²) < 4.78 is 4.95. The zero-order valence-electron chi connectivity index (χ0n) is 17.2. The van der Waals surface area contributed by atoms with Crippen LogP contribution in [-0.4, -0.2) is 18.9 Å². The summed E-state index contributed by atoms with van der Waals surface area (Å²) in [6.07, 6.45) is 0.401. The molecular formula is C23H22Cl2N4O3. The van der Waals surface area contributed by atoms with Crippen LogP contribution in [0.5, 0.6) is 5.75 Å². The van der Waals surface area contributed by atoms with Crippen molar-refractivity contribution in [1.82, 2.24) is 5.43 Å². The van der Waals surface area contributed by atoms with Gasteiger partial charge in [0.2, 0.25) is 0 Å². The molecule has 7 nitrogen and oxygen atoms in total. The fraction of sp³-hybridized carbons (Fsp3) is 0.130. The molecule has 0 saturated carbocycles. The summed E-state index contributed by atoms with van der Waals surface area (Å²) in [5, 5.41) is 7.04. The second kappa shape index (κ2) is 10.9. The standard InChI is InChI=1S/C15H11Cl2NO.C8H11N3O2/c16-9-5-6-10(12(17)7-9)14-8-15(19)11-3-1-2-4-13(11)18-14;1-13-7-4-2-6(3-5-7)10-8(12)11-9/h1-7,14,18H,8H2;2-5H,9H2,1H3,(H2,10,11,12). The zero-order chi connectivity index (χ0) is 23.1. The Morgan fingerprint density at radius 1 is 1.09 bits per heavy atom. The van der Waals surface area contributed by atoms with Crippen molar-refractivity contribution in [3.05, 3.63) is 87.9 Å². The summed E-state index contributed by atoms with van der Waals surface area (Å²) in [5.41, 5.74) is 5.11. The number of ketones is 1. The van der Waals surface area contributed by atoms with E-state index >= 15 is 0 Å². The number of carbonyl (C=O) groups excluding carboxylic acids is 2. The molecule has 1 heterocycles. The number of hydrogen-bond acceptors (Lipinski definition) is 5. The molecule has 1 atom stereocenters. The molecule has 0 aromatic heterocycles. The molecule has 166 valence electrons. The van der Waals surface area contributed by atoms with Gasteiger partial charge in [0.15, 0.2) is 5.78 Å². The summed E-state index contributed by atoms with van der Waals surface area (Å²) in [6, 6.07) is 19.2. The SMILES string of the molecule is COc1ccc(NC(=O)NN)cc1.O=C1CC(c2ccc(Cl)cc2Cl)Nc2ccccc21. The average Bonchev–Trinajstić information content (AvgIpc) is 2.80. The second-order valence-electron chi connectivity index (χ2n) is 6.86. The van der Waals surface area contributed by atoms with Crippen LogP contribution in [0.1, 0.15) is 28.4 Å². The van der Waals surface area contributed by atoms with Crippen molar-refractivity contribution in [2.24, 2.45) is 5.84 Å². The van der Waals surface area contributed by atoms with Crippen molar-refractivity contribution < 1.29 is 14.3 Å². The predicted molar refractivity (Wildman–Crippen MR) is 128 cm³/mol. The number of benzene rings is 3. The second-order valence-corrected chi connectivity index (χ2v) is 7.71. The van der Waals surface area contributed by atoms with Crippen molar-refractivity contribution >= 4 is 46.4 Å². The monoisotopic (exact) mass is 472 g/mol. The van der Waals surface area contributed by atoms with Crippen LogP contribution in [0.3, 0.4) is 0 Å². The minimum atomic E-state index is -0.454. The van der Waals surface area contributed by atoms with Gasteiger partial charge in [-0.3, -0.25) is 10.2 Å². The van der Waals surface area contributed by atoms with Gasteiger partial charge in [-0.05, 0) is 54.1 Å². The summed E-state index contributed by atoms with van der Waals surface area (Å²) in [4.78, 5) is 22.9. The topological polar surface area (TPSA) is 105 Å². The molecule has 0 radical (unpaired) electrons. The molecule has 0 saturated heterocycles. The average molecular weight is 473 g/mol. The van der Waals surface area contributed by atoms with Gasteiger partial charge in [0.1, 0.15) is 5.75 Å². The van der Waals surface area contributed by atoms with E-state index in [2.05, 4.69) is 10.6 Å². The van der Waals surface area contributed by atoms with Gasteiger partial charge in [-0.2, -0.15) is 0 Å². The minimum Gasteiger partial charge on any atom is -0.497 e. The summed E-state index contributed by atoms with van der Waals surface area (Å²) >= 11 is 12.1. The number of urea groups is 1. The Hall–Kier alpha value is -3.26. The number of hydrazine groups is 1. The van der Waals surface area contributed by atoms with E-state index in [4.69, 9.17) is 33.8 Å². The van der Waals surface area contributed by atoms with Crippen molar-refractivity contribution in [3.8, 4) is 5.75 Å². The molecule has 5 N–H and O–H groups in total. The molecule has 2 amide bonds. The predicted octanol–water partition coefficient (Wildman–Crippen LogP) is 5.42. The molecule has 0 fully saturated rings. The van der Waals surface area contributed by atoms with E-state index in [1.165, 1.54) is 0 Å². The lowest BCUT2D eigenvalue weighted by Gasteiger charge is -2.27. The zero-order valence-corrected chi connectivity index (χ0v) is 18.7. The summed E-state index contributed by atoms with van der Waals surface area (Å²) in [6.45, 7) is 0. The number of methoxy groups -OCH3 is 1. The van der Waals surface area contributed by atoms with E-state index < -0.39 is 6.03 Å². The maximum Gasteiger partial charge on any atom is 0.333 e. The Morgan fingerprint density at radius 2 is 1.81 bits per heavy atom. The largest absolute Gasteiger partial charge is 0.497 e. The van der Waals surface area contributed by atoms with Crippen LogP contribution >= 0.6 is 23.2 Å². The summed E-state index contributed by atoms with van der Waals surface area (Å²) in [7, 11) is 1.58. The third-order valence-corrected chi connectivity index (χ3v) is 5.33. The van der Waals surface area contributed by atoms with Gasteiger partial charge in [0.25, 0.3) is 0 Å². The molecule has 3 aromatic carbocycles. The first-order chi connectivity index (χ1) is 15.4. The lowest BCUT2D eigenvalue weighted by atomic mass is 9.92. The van der Waals surface area contributed by atoms with Crippen molar-refractivity contribution in [1.29, 1.82) is 0 Å². The number of rotatable bonds is 3. The molecule has 1 aliphatic heterocycles. The van der Waals surface area contributed by atoms with Crippen LogP contribution in [0.4, 0.5) is 16.2 Å². The van der Waals surface area contributed by atoms with E-state index in [0.29, 0.717) is 22.2 Å². The Kier molecular flexibility index (Phi) is 7.94. The van der Waals surface area contributed by atoms with Crippen LogP contribution in [-0.2, 0) is 0 Å². The molecular weight excluding hydrogens is 451 g/mol. The molecule has 1 aliphatic rings. The van der Waals surface area contributed by atoms with Gasteiger partial charge in [-0.15, -0.1) is 0 Å². The molecule has 0 aliphatic carbocycles. The molecule has 9 heteroatoms. The van der Waals surface area contributed by atoms with Crippen LogP contribution in [0.25, 0.3) is 0 Å². The number of para-hydroxylation sites is 1. The van der Waals surface area contributed by atoms with E-state index in [0.717, 1.165) is 22.6 Å². The Morgan fingerprint density at radius 3 is 2.47 bits per heavy atom. The fourth-order valence-electron chi connectivity index (χ4n) is 3.20. The van der Waals surface area contributed by atoms with E-state index in [9.17, 15) is 9.59 Å². The Labute approximate surface area is 195 Å². The highest BCUT2D eigenvalue weighted by molar-refractivity contribution is 6.35. The third-order valence-electron chi connectivity index (χ3n) is 4.76. The number of halogens is 2. The minimum absolute atomic E-state index is 0.104. The van der Waals surface area contributed by atoms with E-state index in [-0.39, 0.29) is 11.8 Å². The lowest BCUT2D eigenvalue weighted by molar-refractivity contribution is 0.0972. The highest BCUT2D eigenvalue weighted by atomic mass is 35.5. The first-order valence-corrected chi connectivity index (χ1v) is 10.4. The Bertz CT molecular complexity index is 1110. The molecule has 0 spiro atoms. The molecule has 32 heavy (non-hydrogen) atoms. The van der Waals surface area contributed by atoms with Gasteiger partial charge in [0.05, 0.1) is 13.2 Å². The number of anilines is 2. The van der Waals surface area contributed by atoms with Crippen LogP contribution in [0, 0.1) is 0 Å². The highest BCUT2D eigenvalue weighted by Gasteiger charge is 2.26. The van der Waals surface area contributed by atoms with Crippen molar-refractivity contribution in [2.45, 2.75) is 12.5 Å². The number of amides is 2. The van der Waals surface area contributed by atoms with Crippen molar-refractivity contribution in [3.63, 3.8) is 0 Å². The van der Waals surface area contributed by atoms with Crippen molar-refractivity contribution in [2.75, 3.05) is 17.7 Å². The first kappa shape index (κ1) is 23.4. The van der Waals surface area contributed by atoms with E-state index in [1.807, 2.05) is 35.8 Å². The molecule has 0 bridgehead atoms. The van der Waals surface area contributed by atoms with Gasteiger partial charge in [-0.25, -0.2) is 10.6 Å². The smallest absolute Gasteiger partial charge is 0.333 e. The molecule has 4 rings (SSSR count). The number of fused-ring (bicyclic) bond motifs is 1. The fourth-order valence-corrected chi connectivity index (χ4v) is 3.74. The molecule has 3 aromatic rings.